The summed E-state index contributed by atoms with van der Waals surface area (Å²) in [5.41, 5.74) is 1.67. The lowest BCUT2D eigenvalue weighted by Crippen LogP contribution is -2.47. The molecule has 202 valence electrons. The van der Waals surface area contributed by atoms with E-state index >= 15 is 0 Å². The lowest BCUT2D eigenvalue weighted by atomic mass is 9.93. The number of alkyl carbamates (subject to hydrolysis) is 1. The molecule has 0 bridgehead atoms. The van der Waals surface area contributed by atoms with E-state index in [1.807, 2.05) is 32.9 Å². The molecule has 4 atom stereocenters. The third-order valence-corrected chi connectivity index (χ3v) is 8.23. The molecule has 9 nitrogen and oxygen atoms in total. The number of anilines is 2. The van der Waals surface area contributed by atoms with Crippen LogP contribution in [0.3, 0.4) is 0 Å². The molecule has 0 radical (unpaired) electrons. The minimum absolute atomic E-state index is 0.194. The smallest absolute Gasteiger partial charge is 0.407 e. The van der Waals surface area contributed by atoms with Gasteiger partial charge in [0.15, 0.2) is 0 Å². The largest absolute Gasteiger partial charge is 0.444 e. The Morgan fingerprint density at radius 2 is 1.73 bits per heavy atom. The second-order valence-corrected chi connectivity index (χ2v) is 12.2. The predicted octanol–water partition coefficient (Wildman–Crippen LogP) is 2.97. The Hall–Kier alpha value is -2.81. The monoisotopic (exact) mass is 511 g/mol. The summed E-state index contributed by atoms with van der Waals surface area (Å²) in [6.07, 6.45) is 4.28. The molecule has 3 saturated heterocycles. The van der Waals surface area contributed by atoms with E-state index in [2.05, 4.69) is 37.9 Å². The highest BCUT2D eigenvalue weighted by Crippen LogP contribution is 2.45. The van der Waals surface area contributed by atoms with Crippen LogP contribution in [-0.2, 0) is 14.3 Å². The van der Waals surface area contributed by atoms with Crippen molar-refractivity contribution >= 4 is 29.3 Å². The summed E-state index contributed by atoms with van der Waals surface area (Å²) in [6, 6.07) is 8.22. The van der Waals surface area contributed by atoms with Gasteiger partial charge in [-0.2, -0.15) is 0 Å². The number of benzene rings is 1. The third kappa shape index (κ3) is 6.55. The van der Waals surface area contributed by atoms with Crippen LogP contribution in [0.5, 0.6) is 0 Å². The molecule has 4 fully saturated rings. The molecule has 1 aromatic carbocycles. The molecule has 0 spiro atoms. The standard InChI is InChI=1S/C28H41N5O4/c1-28(2,3)37-27(36)31-25-21-16-32(17-22(21)25)13-10-18-11-14-33(15-12-18)20-6-4-19(5-7-20)29-23-8-9-24(34)30-26(23)35/h4-7,18,21-23,25,29H,8-17H2,1-3H3,(H,31,36)(H,30,34,35)/t21-,22+,23?,25?. The second kappa shape index (κ2) is 10.5. The van der Waals surface area contributed by atoms with Gasteiger partial charge in [0.05, 0.1) is 0 Å². The molecule has 1 aromatic rings. The minimum Gasteiger partial charge on any atom is -0.444 e. The quantitative estimate of drug-likeness (QED) is 0.484. The van der Waals surface area contributed by atoms with Gasteiger partial charge in [-0.1, -0.05) is 0 Å². The molecular formula is C28H41N5O4. The molecule has 4 aliphatic rings. The van der Waals surface area contributed by atoms with Crippen LogP contribution in [0.15, 0.2) is 24.3 Å². The summed E-state index contributed by atoms with van der Waals surface area (Å²) < 4.78 is 5.40. The Labute approximate surface area is 219 Å². The lowest BCUT2D eigenvalue weighted by Gasteiger charge is -2.34. The maximum Gasteiger partial charge on any atom is 0.407 e. The summed E-state index contributed by atoms with van der Waals surface area (Å²) in [5, 5.41) is 8.70. The van der Waals surface area contributed by atoms with Gasteiger partial charge in [0.25, 0.3) is 0 Å². The zero-order valence-corrected chi connectivity index (χ0v) is 22.3. The average Bonchev–Trinajstić information content (AvgIpc) is 3.27. The van der Waals surface area contributed by atoms with Gasteiger partial charge in [-0.15, -0.1) is 0 Å². The number of fused-ring (bicyclic) bond motifs is 1. The van der Waals surface area contributed by atoms with Crippen molar-refractivity contribution in [1.29, 1.82) is 0 Å². The number of hydrogen-bond acceptors (Lipinski definition) is 7. The number of imide groups is 1. The second-order valence-electron chi connectivity index (χ2n) is 12.2. The van der Waals surface area contributed by atoms with Crippen molar-refractivity contribution in [2.75, 3.05) is 42.9 Å². The predicted molar refractivity (Wildman–Crippen MR) is 142 cm³/mol. The Morgan fingerprint density at radius 3 is 2.35 bits per heavy atom. The number of rotatable bonds is 7. The first-order valence-electron chi connectivity index (χ1n) is 13.8. The van der Waals surface area contributed by atoms with Crippen molar-refractivity contribution in [1.82, 2.24) is 15.5 Å². The summed E-state index contributed by atoms with van der Waals surface area (Å²) in [4.78, 5) is 40.4. The van der Waals surface area contributed by atoms with E-state index in [4.69, 9.17) is 4.74 Å². The fourth-order valence-corrected chi connectivity index (χ4v) is 6.10. The maximum absolute atomic E-state index is 12.0. The van der Waals surface area contributed by atoms with Crippen LogP contribution >= 0.6 is 0 Å². The van der Waals surface area contributed by atoms with Crippen LogP contribution in [0.1, 0.15) is 52.9 Å². The molecule has 37 heavy (non-hydrogen) atoms. The highest BCUT2D eigenvalue weighted by molar-refractivity contribution is 6.01. The fraction of sp³-hybridized carbons (Fsp3) is 0.679. The van der Waals surface area contributed by atoms with Gasteiger partial charge in [-0.25, -0.2) is 4.79 Å². The van der Waals surface area contributed by atoms with Gasteiger partial charge in [0, 0.05) is 50.0 Å². The van der Waals surface area contributed by atoms with Gasteiger partial charge >= 0.3 is 6.09 Å². The van der Waals surface area contributed by atoms with E-state index in [0.717, 1.165) is 44.3 Å². The van der Waals surface area contributed by atoms with Gasteiger partial charge < -0.3 is 25.2 Å². The van der Waals surface area contributed by atoms with Crippen molar-refractivity contribution < 1.29 is 19.1 Å². The molecule has 1 saturated carbocycles. The number of nitrogens with zero attached hydrogens (tertiary/aromatic N) is 2. The Bertz CT molecular complexity index is 987. The fourth-order valence-electron chi connectivity index (χ4n) is 6.10. The van der Waals surface area contributed by atoms with Gasteiger partial charge in [-0.3, -0.25) is 14.9 Å². The first kappa shape index (κ1) is 25.8. The van der Waals surface area contributed by atoms with Crippen LogP contribution in [0.2, 0.25) is 0 Å². The molecule has 3 N–H and O–H groups in total. The zero-order valence-electron chi connectivity index (χ0n) is 22.3. The summed E-state index contributed by atoms with van der Waals surface area (Å²) in [6.45, 7) is 11.1. The average molecular weight is 512 g/mol. The first-order chi connectivity index (χ1) is 17.6. The van der Waals surface area contributed by atoms with Crippen LogP contribution in [0, 0.1) is 17.8 Å². The lowest BCUT2D eigenvalue weighted by molar-refractivity contribution is -0.133. The Morgan fingerprint density at radius 1 is 1.05 bits per heavy atom. The number of amides is 3. The molecule has 5 rings (SSSR count). The summed E-state index contributed by atoms with van der Waals surface area (Å²) in [5.74, 6) is 1.49. The van der Waals surface area contributed by atoms with Crippen LogP contribution in [0.25, 0.3) is 0 Å². The minimum atomic E-state index is -0.450. The third-order valence-electron chi connectivity index (χ3n) is 8.23. The highest BCUT2D eigenvalue weighted by Gasteiger charge is 2.56. The van der Waals surface area contributed by atoms with Gasteiger partial charge in [0.1, 0.15) is 11.6 Å². The summed E-state index contributed by atoms with van der Waals surface area (Å²) >= 11 is 0. The number of nitrogens with one attached hydrogen (secondary N) is 3. The molecule has 1 aliphatic carbocycles. The van der Waals surface area contributed by atoms with Crippen molar-refractivity contribution in [2.45, 2.75) is 70.6 Å². The number of ether oxygens (including phenoxy) is 1. The number of piperidine rings is 3. The Balaban J connectivity index is 0.984. The van der Waals surface area contributed by atoms with E-state index in [1.165, 1.54) is 24.9 Å². The molecule has 0 aromatic heterocycles. The van der Waals surface area contributed by atoms with Crippen molar-refractivity contribution in [3.05, 3.63) is 24.3 Å². The van der Waals surface area contributed by atoms with E-state index in [1.54, 1.807) is 0 Å². The molecule has 9 heteroatoms. The molecule has 3 aliphatic heterocycles. The normalized spacial score (nSPS) is 28.5. The van der Waals surface area contributed by atoms with Crippen LogP contribution in [-0.4, -0.2) is 73.2 Å². The highest BCUT2D eigenvalue weighted by atomic mass is 16.6. The SMILES string of the molecule is CC(C)(C)OC(=O)NC1[C@H]2CN(CCC3CCN(c4ccc(NC5CCC(=O)NC5=O)cc4)CC3)C[C@@H]12. The summed E-state index contributed by atoms with van der Waals surface area (Å²) in [7, 11) is 0. The molecular weight excluding hydrogens is 470 g/mol. The van der Waals surface area contributed by atoms with Crippen molar-refractivity contribution in [3.63, 3.8) is 0 Å². The number of likely N-dealkylation sites (tertiary alicyclic amines) is 1. The van der Waals surface area contributed by atoms with Crippen molar-refractivity contribution in [2.24, 2.45) is 17.8 Å². The molecule has 2 unspecified atom stereocenters. The van der Waals surface area contributed by atoms with E-state index in [0.29, 0.717) is 30.7 Å². The van der Waals surface area contributed by atoms with Gasteiger partial charge in [0.2, 0.25) is 11.8 Å². The van der Waals surface area contributed by atoms with E-state index in [9.17, 15) is 14.4 Å². The van der Waals surface area contributed by atoms with Gasteiger partial charge in [-0.05, 0) is 95.0 Å². The number of carbonyl (C=O) groups is 3. The maximum atomic E-state index is 12.0. The van der Waals surface area contributed by atoms with Crippen molar-refractivity contribution in [3.8, 4) is 0 Å². The number of carbonyl (C=O) groups excluding carboxylic acids is 3. The van der Waals surface area contributed by atoms with Crippen LogP contribution < -0.4 is 20.9 Å². The first-order valence-corrected chi connectivity index (χ1v) is 13.8. The van der Waals surface area contributed by atoms with E-state index in [-0.39, 0.29) is 23.9 Å². The molecule has 3 amide bonds. The zero-order chi connectivity index (χ0) is 26.2. The topological polar surface area (TPSA) is 103 Å². The van der Waals surface area contributed by atoms with E-state index < -0.39 is 5.60 Å². The number of hydrogen-bond donors (Lipinski definition) is 3. The Kier molecular flexibility index (Phi) is 7.34. The molecule has 3 heterocycles. The van der Waals surface area contributed by atoms with Crippen LogP contribution in [0.4, 0.5) is 16.2 Å².